The molecule has 0 aliphatic carbocycles. The molecule has 5 rings (SSSR count). The number of halogens is 1. The minimum absolute atomic E-state index is 0.223. The Balaban J connectivity index is 0.00000114. The Bertz CT molecular complexity index is 1900. The van der Waals surface area contributed by atoms with Crippen molar-refractivity contribution in [2.75, 3.05) is 19.1 Å². The highest BCUT2D eigenvalue weighted by Gasteiger charge is 2.22. The summed E-state index contributed by atoms with van der Waals surface area (Å²) >= 11 is 8.53. The van der Waals surface area contributed by atoms with Crippen LogP contribution in [0.4, 0.5) is 0 Å². The van der Waals surface area contributed by atoms with Gasteiger partial charge in [0.1, 0.15) is 12.4 Å². The summed E-state index contributed by atoms with van der Waals surface area (Å²) in [7, 11) is 1.75. The first-order valence-electron chi connectivity index (χ1n) is 17.0. The fraction of sp³-hybridized carbons (Fsp3) is 0.350. The summed E-state index contributed by atoms with van der Waals surface area (Å²) in [6, 6.07) is 23.4. The van der Waals surface area contributed by atoms with Gasteiger partial charge in [-0.1, -0.05) is 67.1 Å². The number of nitrogens with one attached hydrogen (secondary N) is 1. The molecule has 2 heterocycles. The summed E-state index contributed by atoms with van der Waals surface area (Å²) < 4.78 is 9.20. The molecule has 0 aliphatic rings. The van der Waals surface area contributed by atoms with Crippen LogP contribution in [0.1, 0.15) is 71.8 Å². The molecule has 12 heteroatoms. The molecule has 0 spiro atoms. The number of carbonyl (C=O) groups is 2. The molecule has 278 valence electrons. The molecule has 0 saturated heterocycles. The molecule has 0 aliphatic heterocycles. The first-order valence-corrected chi connectivity index (χ1v) is 19.0. The lowest BCUT2D eigenvalue weighted by Gasteiger charge is -2.22. The number of carbonyl (C=O) groups excluding carboxylic acids is 2. The van der Waals surface area contributed by atoms with E-state index in [1.807, 2.05) is 60.5 Å². The number of nitrogens with zero attached hydrogens (tertiary/aromatic N) is 4. The van der Waals surface area contributed by atoms with Gasteiger partial charge in [-0.05, 0) is 111 Å². The lowest BCUT2D eigenvalue weighted by molar-refractivity contribution is -0.106. The number of ether oxygens (including phenoxy) is 1. The number of benzene rings is 3. The van der Waals surface area contributed by atoms with E-state index < -0.39 is 5.60 Å². The number of aromatic nitrogens is 4. The molecular formula is C40H51ClN6O4S. The molecule has 1 unspecified atom stereocenters. The zero-order valence-corrected chi connectivity index (χ0v) is 32.9. The fourth-order valence-corrected chi connectivity index (χ4v) is 5.90. The van der Waals surface area contributed by atoms with Crippen LogP contribution in [-0.2, 0) is 35.3 Å². The van der Waals surface area contributed by atoms with E-state index in [0.29, 0.717) is 30.5 Å². The van der Waals surface area contributed by atoms with Gasteiger partial charge in [0, 0.05) is 36.1 Å². The number of amides is 2. The Morgan fingerprint density at radius 2 is 1.69 bits per heavy atom. The summed E-state index contributed by atoms with van der Waals surface area (Å²) in [6.07, 6.45) is 7.36. The summed E-state index contributed by atoms with van der Waals surface area (Å²) in [5, 5.41) is 23.3. The molecular weight excluding hydrogens is 696 g/mol. The van der Waals surface area contributed by atoms with Crippen molar-refractivity contribution < 1.29 is 19.4 Å². The largest absolute Gasteiger partial charge is 0.386 e. The smallest absolute Gasteiger partial charge is 0.270 e. The second-order valence-electron chi connectivity index (χ2n) is 12.8. The van der Waals surface area contributed by atoms with Crippen molar-refractivity contribution in [2.45, 2.75) is 65.8 Å². The van der Waals surface area contributed by atoms with E-state index in [2.05, 4.69) is 60.3 Å². The fourth-order valence-electron chi connectivity index (χ4n) is 5.71. The molecule has 1 atom stereocenters. The van der Waals surface area contributed by atoms with Crippen molar-refractivity contribution in [3.05, 3.63) is 118 Å². The van der Waals surface area contributed by atoms with Gasteiger partial charge in [0.05, 0.1) is 17.3 Å². The molecule has 0 fully saturated rings. The monoisotopic (exact) mass is 746 g/mol. The van der Waals surface area contributed by atoms with Crippen molar-refractivity contribution in [1.29, 1.82) is 0 Å². The number of primary amides is 1. The summed E-state index contributed by atoms with van der Waals surface area (Å²) in [5.41, 5.74) is 12.4. The summed E-state index contributed by atoms with van der Waals surface area (Å²) in [4.78, 5) is 22.0. The summed E-state index contributed by atoms with van der Waals surface area (Å²) in [5.74, 6) is -0.223. The molecule has 2 aromatic heterocycles. The van der Waals surface area contributed by atoms with Crippen molar-refractivity contribution in [2.24, 2.45) is 12.8 Å². The van der Waals surface area contributed by atoms with Gasteiger partial charge in [-0.25, -0.2) is 4.68 Å². The number of nitrogens with two attached hydrogens (primary N) is 1. The Hall–Kier alpha value is -4.42. The minimum atomic E-state index is -0.961. The lowest BCUT2D eigenvalue weighted by atomic mass is 9.92. The number of thioether (sulfide) groups is 1. The maximum Gasteiger partial charge on any atom is 0.270 e. The number of rotatable bonds is 12. The Labute approximate surface area is 316 Å². The number of aryl methyl sites for hydroxylation is 2. The minimum Gasteiger partial charge on any atom is -0.386 e. The lowest BCUT2D eigenvalue weighted by Crippen LogP contribution is -2.31. The van der Waals surface area contributed by atoms with Crippen LogP contribution in [0.25, 0.3) is 22.3 Å². The normalized spacial score (nSPS) is 11.5. The number of hydrogen-bond acceptors (Lipinski definition) is 7. The van der Waals surface area contributed by atoms with E-state index in [1.165, 1.54) is 0 Å². The maximum absolute atomic E-state index is 13.4. The first kappa shape index (κ1) is 42.0. The van der Waals surface area contributed by atoms with Crippen LogP contribution in [0.2, 0.25) is 5.02 Å². The van der Waals surface area contributed by atoms with Crippen LogP contribution >= 0.6 is 23.4 Å². The zero-order valence-electron chi connectivity index (χ0n) is 31.3. The van der Waals surface area contributed by atoms with Gasteiger partial charge < -0.3 is 20.9 Å². The highest BCUT2D eigenvalue weighted by molar-refractivity contribution is 7.97. The molecule has 52 heavy (non-hydrogen) atoms. The van der Waals surface area contributed by atoms with Crippen molar-refractivity contribution in [1.82, 2.24) is 24.9 Å². The third kappa shape index (κ3) is 11.3. The molecule has 4 N–H and O–H groups in total. The predicted octanol–water partition coefficient (Wildman–Crippen LogP) is 7.63. The van der Waals surface area contributed by atoms with E-state index >= 15 is 0 Å². The third-order valence-electron chi connectivity index (χ3n) is 8.28. The van der Waals surface area contributed by atoms with Crippen LogP contribution < -0.4 is 11.1 Å². The Kier molecular flexibility index (Phi) is 16.1. The predicted molar refractivity (Wildman–Crippen MR) is 212 cm³/mol. The molecule has 10 nitrogen and oxygen atoms in total. The van der Waals surface area contributed by atoms with Crippen molar-refractivity contribution in [3.63, 3.8) is 0 Å². The van der Waals surface area contributed by atoms with Gasteiger partial charge in [-0.2, -0.15) is 22.0 Å². The molecule has 0 radical (unpaired) electrons. The van der Waals surface area contributed by atoms with Gasteiger partial charge in [0.2, 0.25) is 6.41 Å². The van der Waals surface area contributed by atoms with E-state index in [-0.39, 0.29) is 18.4 Å². The standard InChI is InChI=1S/C37H42ClN5O3.C2H6S.CH3NO/c1-7-19-46-23-43-25(3)35(24(2)41-43)27-13-11-26(12-14-27)33(40-36(44)34-17-18-39-42(34)6)22-30-20-29(15-16-32(30)38)28-9-8-10-31(21-28)37(4,5)45;1-3-2;2-1-3/h8-18,20-21,33,45H,7,19,22-23H2,1-6H3,(H,40,44);1-2H3;1H,(H2,2,3). The van der Waals surface area contributed by atoms with Gasteiger partial charge in [0.25, 0.3) is 5.91 Å². The van der Waals surface area contributed by atoms with E-state index in [9.17, 15) is 9.90 Å². The van der Waals surface area contributed by atoms with Gasteiger partial charge >= 0.3 is 0 Å². The van der Waals surface area contributed by atoms with Crippen molar-refractivity contribution in [3.8, 4) is 22.3 Å². The molecule has 5 aromatic rings. The molecule has 0 saturated carbocycles. The number of aliphatic hydroxyl groups is 1. The van der Waals surface area contributed by atoms with Crippen molar-refractivity contribution >= 4 is 35.7 Å². The van der Waals surface area contributed by atoms with E-state index in [4.69, 9.17) is 26.2 Å². The van der Waals surface area contributed by atoms with Crippen LogP contribution in [0.15, 0.2) is 79.0 Å². The SMILES string of the molecule is CCCOCn1nc(C)c(-c2ccc(C(Cc3cc(-c4cccc(C(C)(C)O)c4)ccc3Cl)NC(=O)c3ccnn3C)cc2)c1C.CSC.NC=O. The Morgan fingerprint density at radius 1 is 1.06 bits per heavy atom. The quantitative estimate of drug-likeness (QED) is 0.0882. The van der Waals surface area contributed by atoms with E-state index in [0.717, 1.165) is 56.8 Å². The summed E-state index contributed by atoms with van der Waals surface area (Å²) in [6.45, 7) is 10.8. The highest BCUT2D eigenvalue weighted by Crippen LogP contribution is 2.33. The maximum atomic E-state index is 13.4. The Morgan fingerprint density at radius 3 is 2.29 bits per heavy atom. The van der Waals surface area contributed by atoms with Crippen LogP contribution in [0.5, 0.6) is 0 Å². The second kappa shape index (κ2) is 20.0. The molecule has 3 aromatic carbocycles. The number of hydrogen-bond donors (Lipinski definition) is 3. The van der Waals surface area contributed by atoms with Crippen LogP contribution in [0, 0.1) is 13.8 Å². The third-order valence-corrected chi connectivity index (χ3v) is 8.64. The van der Waals surface area contributed by atoms with Gasteiger partial charge in [-0.15, -0.1) is 0 Å². The highest BCUT2D eigenvalue weighted by atomic mass is 35.5. The topological polar surface area (TPSA) is 137 Å². The average molecular weight is 747 g/mol. The zero-order chi connectivity index (χ0) is 38.4. The second-order valence-corrected chi connectivity index (χ2v) is 14.0. The molecule has 0 bridgehead atoms. The van der Waals surface area contributed by atoms with Crippen LogP contribution in [-0.4, -0.2) is 56.1 Å². The van der Waals surface area contributed by atoms with E-state index in [1.54, 1.807) is 49.6 Å². The van der Waals surface area contributed by atoms with Gasteiger partial charge in [0.15, 0.2) is 0 Å². The van der Waals surface area contributed by atoms with Crippen LogP contribution in [0.3, 0.4) is 0 Å². The van der Waals surface area contributed by atoms with Gasteiger partial charge in [-0.3, -0.25) is 14.3 Å². The first-order chi connectivity index (χ1) is 24.8. The average Bonchev–Trinajstić information content (AvgIpc) is 3.67. The molecule has 2 amide bonds.